The van der Waals surface area contributed by atoms with Crippen LogP contribution in [0.2, 0.25) is 0 Å². The highest BCUT2D eigenvalue weighted by Crippen LogP contribution is 2.13. The van der Waals surface area contributed by atoms with Gasteiger partial charge in [-0.3, -0.25) is 4.79 Å². The molecule has 0 N–H and O–H groups in total. The molecule has 6 heteroatoms. The summed E-state index contributed by atoms with van der Waals surface area (Å²) in [6.45, 7) is -0.677. The van der Waals surface area contributed by atoms with E-state index in [9.17, 15) is 9.59 Å². The quantitative estimate of drug-likeness (QED) is 0.574. The third-order valence-electron chi connectivity index (χ3n) is 3.12. The number of rotatable bonds is 7. The number of ether oxygens (including phenoxy) is 3. The van der Waals surface area contributed by atoms with Crippen LogP contribution < -0.4 is 9.47 Å². The smallest absolute Gasteiger partial charge is 0.344 e. The highest BCUT2D eigenvalue weighted by Gasteiger charge is 2.11. The van der Waals surface area contributed by atoms with Crippen molar-refractivity contribution in [3.63, 3.8) is 0 Å². The van der Waals surface area contributed by atoms with E-state index in [2.05, 4.69) is 0 Å². The molecule has 2 aromatic carbocycles. The van der Waals surface area contributed by atoms with E-state index < -0.39 is 5.97 Å². The second-order valence-electron chi connectivity index (χ2n) is 4.74. The number of benzene rings is 2. The summed E-state index contributed by atoms with van der Waals surface area (Å²) in [7, 11) is 1.53. The first-order valence-corrected chi connectivity index (χ1v) is 7.08. The van der Waals surface area contributed by atoms with Crippen LogP contribution in [-0.2, 0) is 9.53 Å². The van der Waals surface area contributed by atoms with Gasteiger partial charge in [-0.2, -0.15) is 5.26 Å². The van der Waals surface area contributed by atoms with Gasteiger partial charge in [0.05, 0.1) is 18.7 Å². The number of carbonyl (C=O) groups excluding carboxylic acids is 2. The zero-order chi connectivity index (χ0) is 17.4. The van der Waals surface area contributed by atoms with Crippen LogP contribution >= 0.6 is 0 Å². The van der Waals surface area contributed by atoms with E-state index in [4.69, 9.17) is 19.5 Å². The molecule has 2 aromatic rings. The third kappa shape index (κ3) is 4.85. The molecule has 6 nitrogen and oxygen atoms in total. The van der Waals surface area contributed by atoms with Crippen LogP contribution in [0.4, 0.5) is 0 Å². The Hall–Kier alpha value is -3.33. The molecule has 0 bridgehead atoms. The number of nitrogens with zero attached hydrogens (tertiary/aromatic N) is 1. The SMILES string of the molecule is COc1ccc(C(=O)COC(=O)COc2ccc(C#N)cc2)cc1. The van der Waals surface area contributed by atoms with Crippen LogP contribution in [0.25, 0.3) is 0 Å². The summed E-state index contributed by atoms with van der Waals surface area (Å²) in [5, 5.41) is 8.69. The molecule has 0 saturated carbocycles. The van der Waals surface area contributed by atoms with Crippen LogP contribution in [-0.4, -0.2) is 32.1 Å². The highest BCUT2D eigenvalue weighted by atomic mass is 16.6. The fourth-order valence-corrected chi connectivity index (χ4v) is 1.82. The highest BCUT2D eigenvalue weighted by molar-refractivity contribution is 5.98. The average Bonchev–Trinajstić information content (AvgIpc) is 2.64. The van der Waals surface area contributed by atoms with Gasteiger partial charge in [0, 0.05) is 5.56 Å². The van der Waals surface area contributed by atoms with Crippen LogP contribution in [0.15, 0.2) is 48.5 Å². The Morgan fingerprint density at radius 2 is 1.58 bits per heavy atom. The number of hydrogen-bond donors (Lipinski definition) is 0. The van der Waals surface area contributed by atoms with Crippen molar-refractivity contribution in [3.8, 4) is 17.6 Å². The second kappa shape index (κ2) is 8.34. The summed E-state index contributed by atoms with van der Waals surface area (Å²) in [5.41, 5.74) is 0.923. The lowest BCUT2D eigenvalue weighted by Crippen LogP contribution is -2.19. The zero-order valence-electron chi connectivity index (χ0n) is 13.0. The van der Waals surface area contributed by atoms with Gasteiger partial charge >= 0.3 is 5.97 Å². The van der Waals surface area contributed by atoms with Crippen molar-refractivity contribution in [2.45, 2.75) is 0 Å². The molecule has 0 heterocycles. The molecule has 0 atom stereocenters. The standard InChI is InChI=1S/C18H15NO5/c1-22-15-8-4-14(5-9-15)17(20)11-24-18(21)12-23-16-6-2-13(10-19)3-7-16/h2-9H,11-12H2,1H3. The van der Waals surface area contributed by atoms with Crippen molar-refractivity contribution in [3.05, 3.63) is 59.7 Å². The van der Waals surface area contributed by atoms with Gasteiger partial charge in [0.25, 0.3) is 0 Å². The van der Waals surface area contributed by atoms with Gasteiger partial charge < -0.3 is 14.2 Å². The minimum atomic E-state index is -0.652. The second-order valence-corrected chi connectivity index (χ2v) is 4.74. The van der Waals surface area contributed by atoms with Gasteiger partial charge in [0.2, 0.25) is 0 Å². The fourth-order valence-electron chi connectivity index (χ4n) is 1.82. The van der Waals surface area contributed by atoms with Crippen molar-refractivity contribution in [2.75, 3.05) is 20.3 Å². The van der Waals surface area contributed by atoms with E-state index in [0.29, 0.717) is 22.6 Å². The maximum Gasteiger partial charge on any atom is 0.344 e. The molecule has 24 heavy (non-hydrogen) atoms. The molecule has 0 aliphatic heterocycles. The molecule has 0 amide bonds. The van der Waals surface area contributed by atoms with Gasteiger partial charge in [-0.25, -0.2) is 4.79 Å². The number of Topliss-reactive ketones (excluding diaryl/α,β-unsaturated/α-hetero) is 1. The first kappa shape index (κ1) is 17.0. The van der Waals surface area contributed by atoms with Gasteiger partial charge in [-0.1, -0.05) is 0 Å². The first-order chi connectivity index (χ1) is 11.6. The van der Waals surface area contributed by atoms with Gasteiger partial charge in [0.1, 0.15) is 11.5 Å². The van der Waals surface area contributed by atoms with Crippen molar-refractivity contribution < 1.29 is 23.8 Å². The summed E-state index contributed by atoms with van der Waals surface area (Å²) >= 11 is 0. The van der Waals surface area contributed by atoms with Crippen LogP contribution in [0, 0.1) is 11.3 Å². The molecule has 0 unspecified atom stereocenters. The van der Waals surface area contributed by atoms with E-state index >= 15 is 0 Å². The van der Waals surface area contributed by atoms with Crippen LogP contribution in [0.5, 0.6) is 11.5 Å². The maximum atomic E-state index is 11.9. The summed E-state index contributed by atoms with van der Waals surface area (Å²) in [5.74, 6) is 0.109. The lowest BCUT2D eigenvalue weighted by molar-refractivity contribution is -0.144. The Balaban J connectivity index is 1.77. The Morgan fingerprint density at radius 1 is 0.958 bits per heavy atom. The minimum absolute atomic E-state index is 0.315. The molecule has 0 fully saturated rings. The lowest BCUT2D eigenvalue weighted by Gasteiger charge is -2.07. The van der Waals surface area contributed by atoms with Crippen LogP contribution in [0.3, 0.4) is 0 Å². The first-order valence-electron chi connectivity index (χ1n) is 7.08. The predicted octanol–water partition coefficient (Wildman–Crippen LogP) is 2.37. The monoisotopic (exact) mass is 325 g/mol. The molecule has 0 radical (unpaired) electrons. The lowest BCUT2D eigenvalue weighted by atomic mass is 10.1. The average molecular weight is 325 g/mol. The normalized spacial score (nSPS) is 9.67. The zero-order valence-corrected chi connectivity index (χ0v) is 13.0. The van der Waals surface area contributed by atoms with E-state index in [1.807, 2.05) is 6.07 Å². The van der Waals surface area contributed by atoms with E-state index in [1.54, 1.807) is 48.5 Å². The number of methoxy groups -OCH3 is 1. The van der Waals surface area contributed by atoms with Crippen molar-refractivity contribution in [1.82, 2.24) is 0 Å². The number of ketones is 1. The summed E-state index contributed by atoms with van der Waals surface area (Å²) in [6, 6.07) is 14.8. The molecule has 0 aliphatic carbocycles. The van der Waals surface area contributed by atoms with E-state index in [1.165, 1.54) is 7.11 Å². The molecule has 0 aromatic heterocycles. The largest absolute Gasteiger partial charge is 0.497 e. The summed E-state index contributed by atoms with van der Waals surface area (Å²) in [6.07, 6.45) is 0. The number of carbonyl (C=O) groups is 2. The van der Waals surface area contributed by atoms with Gasteiger partial charge in [0.15, 0.2) is 19.0 Å². The molecule has 0 spiro atoms. The molecular weight excluding hydrogens is 310 g/mol. The van der Waals surface area contributed by atoms with Crippen LogP contribution in [0.1, 0.15) is 15.9 Å². The minimum Gasteiger partial charge on any atom is -0.497 e. The Bertz CT molecular complexity index is 744. The molecule has 2 rings (SSSR count). The number of hydrogen-bond acceptors (Lipinski definition) is 6. The van der Waals surface area contributed by atoms with Gasteiger partial charge in [-0.05, 0) is 48.5 Å². The van der Waals surface area contributed by atoms with Crippen molar-refractivity contribution in [2.24, 2.45) is 0 Å². The molecular formula is C18H15NO5. The molecule has 0 saturated heterocycles. The number of nitriles is 1. The Morgan fingerprint density at radius 3 is 2.17 bits per heavy atom. The molecule has 0 aliphatic rings. The predicted molar refractivity (Wildman–Crippen MR) is 84.9 cm³/mol. The number of esters is 1. The fraction of sp³-hybridized carbons (Fsp3) is 0.167. The molecule has 122 valence electrons. The summed E-state index contributed by atoms with van der Waals surface area (Å²) in [4.78, 5) is 23.5. The van der Waals surface area contributed by atoms with Crippen molar-refractivity contribution >= 4 is 11.8 Å². The Labute approximate surface area is 139 Å². The van der Waals surface area contributed by atoms with E-state index in [-0.39, 0.29) is 19.0 Å². The van der Waals surface area contributed by atoms with Crippen molar-refractivity contribution in [1.29, 1.82) is 5.26 Å². The third-order valence-corrected chi connectivity index (χ3v) is 3.12. The Kier molecular flexibility index (Phi) is 5.92. The topological polar surface area (TPSA) is 85.6 Å². The van der Waals surface area contributed by atoms with E-state index in [0.717, 1.165) is 0 Å². The van der Waals surface area contributed by atoms with Gasteiger partial charge in [-0.15, -0.1) is 0 Å². The maximum absolute atomic E-state index is 11.9. The summed E-state index contributed by atoms with van der Waals surface area (Å²) < 4.78 is 15.1.